The van der Waals surface area contributed by atoms with Gasteiger partial charge in [0.1, 0.15) is 12.4 Å². The third-order valence-electron chi connectivity index (χ3n) is 3.59. The molecule has 1 saturated carbocycles. The zero-order chi connectivity index (χ0) is 15.6. The Hall–Kier alpha value is -1.08. The second-order valence-corrected chi connectivity index (χ2v) is 8.22. The molecule has 0 unspecified atom stereocenters. The summed E-state index contributed by atoms with van der Waals surface area (Å²) >= 11 is 0. The van der Waals surface area contributed by atoms with Crippen molar-refractivity contribution >= 4 is 25.6 Å². The number of imidazole rings is 1. The van der Waals surface area contributed by atoms with Gasteiger partial charge in [-0.3, -0.25) is 4.79 Å². The average Bonchev–Trinajstić information content (AvgIpc) is 2.96. The van der Waals surface area contributed by atoms with E-state index in [2.05, 4.69) is 10.3 Å². The number of aromatic nitrogens is 2. The smallest absolute Gasteiger partial charge is 0.280 e. The molecule has 0 bridgehead atoms. The van der Waals surface area contributed by atoms with Crippen LogP contribution in [0, 0.1) is 0 Å². The molecule has 1 aromatic rings. The van der Waals surface area contributed by atoms with Crippen molar-refractivity contribution in [1.82, 2.24) is 14.9 Å². The second-order valence-electron chi connectivity index (χ2n) is 5.71. The fraction of sp³-hybridized carbons (Fsp3) is 0.692. The van der Waals surface area contributed by atoms with Crippen LogP contribution in [0.4, 0.5) is 0 Å². The normalized spacial score (nSPS) is 16.6. The van der Waals surface area contributed by atoms with Crippen LogP contribution in [-0.4, -0.2) is 29.9 Å². The fourth-order valence-corrected chi connectivity index (χ4v) is 3.29. The van der Waals surface area contributed by atoms with E-state index in [-0.39, 0.29) is 29.4 Å². The van der Waals surface area contributed by atoms with Crippen molar-refractivity contribution in [1.29, 1.82) is 0 Å². The number of halogens is 1. The summed E-state index contributed by atoms with van der Waals surface area (Å²) in [6.45, 7) is 3.83. The lowest BCUT2D eigenvalue weighted by atomic mass is 10.2. The van der Waals surface area contributed by atoms with Crippen LogP contribution in [0.2, 0.25) is 0 Å². The summed E-state index contributed by atoms with van der Waals surface area (Å²) in [5, 5.41) is 2.76. The van der Waals surface area contributed by atoms with E-state index in [1.54, 1.807) is 4.57 Å². The number of nitrogens with zero attached hydrogens (tertiary/aromatic N) is 2. The molecule has 6 nitrogen and oxygen atoms in total. The van der Waals surface area contributed by atoms with Crippen molar-refractivity contribution in [3.05, 3.63) is 12.0 Å². The van der Waals surface area contributed by atoms with Crippen LogP contribution < -0.4 is 5.32 Å². The van der Waals surface area contributed by atoms with Gasteiger partial charge in [0.2, 0.25) is 5.91 Å². The number of amides is 1. The quantitative estimate of drug-likeness (QED) is 0.835. The lowest BCUT2D eigenvalue weighted by molar-refractivity contribution is -0.122. The molecule has 0 spiro atoms. The lowest BCUT2D eigenvalue weighted by Crippen LogP contribution is -2.35. The first-order valence-corrected chi connectivity index (χ1v) is 9.39. The Bertz CT molecular complexity index is 619. The van der Waals surface area contributed by atoms with Gasteiger partial charge in [-0.15, -0.1) is 0 Å². The Morgan fingerprint density at radius 2 is 2.10 bits per heavy atom. The topological polar surface area (TPSA) is 81.1 Å². The summed E-state index contributed by atoms with van der Waals surface area (Å²) < 4.78 is 24.3. The molecule has 1 aliphatic rings. The first kappa shape index (κ1) is 16.3. The van der Waals surface area contributed by atoms with E-state index in [0.29, 0.717) is 5.82 Å². The van der Waals surface area contributed by atoms with E-state index in [1.807, 2.05) is 13.8 Å². The highest BCUT2D eigenvalue weighted by atomic mass is 35.7. The monoisotopic (exact) mass is 333 g/mol. The lowest BCUT2D eigenvalue weighted by Gasteiger charge is -2.14. The summed E-state index contributed by atoms with van der Waals surface area (Å²) in [6, 6.07) is 0.236. The predicted octanol–water partition coefficient (Wildman–Crippen LogP) is 1.99. The van der Waals surface area contributed by atoms with Crippen molar-refractivity contribution in [2.45, 2.75) is 63.1 Å². The van der Waals surface area contributed by atoms with E-state index in [0.717, 1.165) is 25.7 Å². The summed E-state index contributed by atoms with van der Waals surface area (Å²) in [5.41, 5.74) is 0. The first-order valence-electron chi connectivity index (χ1n) is 7.08. The van der Waals surface area contributed by atoms with Gasteiger partial charge < -0.3 is 9.88 Å². The van der Waals surface area contributed by atoms with Gasteiger partial charge >= 0.3 is 0 Å². The van der Waals surface area contributed by atoms with Gasteiger partial charge in [0.25, 0.3) is 9.05 Å². The number of hydrogen-bond acceptors (Lipinski definition) is 4. The molecule has 0 aromatic carbocycles. The van der Waals surface area contributed by atoms with Crippen molar-refractivity contribution in [3.8, 4) is 0 Å². The zero-order valence-electron chi connectivity index (χ0n) is 12.2. The highest BCUT2D eigenvalue weighted by molar-refractivity contribution is 8.13. The largest absolute Gasteiger partial charge is 0.352 e. The van der Waals surface area contributed by atoms with Crippen LogP contribution in [0.1, 0.15) is 51.3 Å². The summed E-state index contributed by atoms with van der Waals surface area (Å²) in [6.07, 6.45) is 5.62. The van der Waals surface area contributed by atoms with Gasteiger partial charge in [0, 0.05) is 28.8 Å². The van der Waals surface area contributed by atoms with Crippen LogP contribution in [-0.2, 0) is 20.4 Å². The Morgan fingerprint density at radius 1 is 1.48 bits per heavy atom. The van der Waals surface area contributed by atoms with E-state index >= 15 is 0 Å². The molecule has 1 fully saturated rings. The molecule has 0 aliphatic heterocycles. The SMILES string of the molecule is CC(C)c1nc(S(=O)(=O)Cl)cn1CC(=O)NC1CCCC1. The van der Waals surface area contributed by atoms with Gasteiger partial charge in [-0.1, -0.05) is 26.7 Å². The van der Waals surface area contributed by atoms with Crippen molar-refractivity contribution in [3.63, 3.8) is 0 Å². The van der Waals surface area contributed by atoms with Crippen molar-refractivity contribution < 1.29 is 13.2 Å². The van der Waals surface area contributed by atoms with Gasteiger partial charge in [-0.05, 0) is 12.8 Å². The standard InChI is InChI=1S/C13H20ClN3O3S/c1-9(2)13-16-12(21(14,19)20)8-17(13)7-11(18)15-10-5-3-4-6-10/h8-10H,3-7H2,1-2H3,(H,15,18). The molecule has 2 rings (SSSR count). The second kappa shape index (κ2) is 6.36. The molecular weight excluding hydrogens is 314 g/mol. The molecular formula is C13H20ClN3O3S. The van der Waals surface area contributed by atoms with Crippen LogP contribution >= 0.6 is 10.7 Å². The van der Waals surface area contributed by atoms with E-state index < -0.39 is 9.05 Å². The minimum Gasteiger partial charge on any atom is -0.352 e. The number of carbonyl (C=O) groups is 1. The number of carbonyl (C=O) groups excluding carboxylic acids is 1. The Kier molecular flexibility index (Phi) is 4.93. The van der Waals surface area contributed by atoms with Gasteiger partial charge in [-0.25, -0.2) is 13.4 Å². The molecule has 8 heteroatoms. The van der Waals surface area contributed by atoms with Crippen molar-refractivity contribution in [2.75, 3.05) is 0 Å². The molecule has 118 valence electrons. The molecule has 0 saturated heterocycles. The van der Waals surface area contributed by atoms with Crippen LogP contribution in [0.15, 0.2) is 11.2 Å². The van der Waals surface area contributed by atoms with Gasteiger partial charge in [0.15, 0.2) is 5.03 Å². The predicted molar refractivity (Wildman–Crippen MR) is 79.8 cm³/mol. The van der Waals surface area contributed by atoms with E-state index in [1.165, 1.54) is 6.20 Å². The molecule has 1 N–H and O–H groups in total. The molecule has 1 amide bonds. The highest BCUT2D eigenvalue weighted by Gasteiger charge is 2.22. The first-order chi connectivity index (χ1) is 9.77. The van der Waals surface area contributed by atoms with Gasteiger partial charge in [-0.2, -0.15) is 0 Å². The minimum absolute atomic E-state index is 0.00329. The zero-order valence-corrected chi connectivity index (χ0v) is 13.7. The van der Waals surface area contributed by atoms with Crippen molar-refractivity contribution in [2.24, 2.45) is 0 Å². The van der Waals surface area contributed by atoms with E-state index in [9.17, 15) is 13.2 Å². The number of nitrogens with one attached hydrogen (secondary N) is 1. The Balaban J connectivity index is 2.14. The molecule has 1 aliphatic carbocycles. The highest BCUT2D eigenvalue weighted by Crippen LogP contribution is 2.20. The molecule has 0 atom stereocenters. The maximum absolute atomic E-state index is 12.1. The Labute approximate surface area is 129 Å². The summed E-state index contributed by atoms with van der Waals surface area (Å²) in [4.78, 5) is 16.1. The third kappa shape index (κ3) is 4.20. The fourth-order valence-electron chi connectivity index (χ4n) is 2.61. The maximum atomic E-state index is 12.1. The van der Waals surface area contributed by atoms with Crippen LogP contribution in [0.3, 0.4) is 0 Å². The van der Waals surface area contributed by atoms with Gasteiger partial charge in [0.05, 0.1) is 0 Å². The number of rotatable bonds is 5. The maximum Gasteiger partial charge on any atom is 0.280 e. The average molecular weight is 334 g/mol. The minimum atomic E-state index is -3.89. The molecule has 0 radical (unpaired) electrons. The molecule has 21 heavy (non-hydrogen) atoms. The third-order valence-corrected chi connectivity index (χ3v) is 4.76. The van der Waals surface area contributed by atoms with E-state index in [4.69, 9.17) is 10.7 Å². The molecule has 1 aromatic heterocycles. The summed E-state index contributed by atoms with van der Waals surface area (Å²) in [5.74, 6) is 0.409. The molecule has 1 heterocycles. The summed E-state index contributed by atoms with van der Waals surface area (Å²) in [7, 11) is 1.43. The Morgan fingerprint density at radius 3 is 2.62 bits per heavy atom. The van der Waals surface area contributed by atoms with Crippen LogP contribution in [0.25, 0.3) is 0 Å². The van der Waals surface area contributed by atoms with Crippen LogP contribution in [0.5, 0.6) is 0 Å². The number of hydrogen-bond donors (Lipinski definition) is 1.